The van der Waals surface area contributed by atoms with Crippen molar-refractivity contribution in [3.63, 3.8) is 0 Å². The molecule has 1 amide bonds. The number of aromatic nitrogens is 1. The molecule has 0 aromatic carbocycles. The smallest absolute Gasteiger partial charge is 0.220 e. The van der Waals surface area contributed by atoms with Crippen LogP contribution >= 0.6 is 11.3 Å². The summed E-state index contributed by atoms with van der Waals surface area (Å²) in [6.45, 7) is 2.50. The summed E-state index contributed by atoms with van der Waals surface area (Å²) >= 11 is 1.58. The van der Waals surface area contributed by atoms with Gasteiger partial charge in [-0.2, -0.15) is 0 Å². The normalized spacial score (nSPS) is 28.5. The molecule has 2 fully saturated rings. The van der Waals surface area contributed by atoms with Crippen LogP contribution in [0.1, 0.15) is 55.8 Å². The van der Waals surface area contributed by atoms with Crippen LogP contribution in [0.4, 0.5) is 0 Å². The fraction of sp³-hybridized carbons (Fsp3) is 0.750. The Labute approximate surface area is 135 Å². The summed E-state index contributed by atoms with van der Waals surface area (Å²) in [6, 6.07) is 1.29. The van der Waals surface area contributed by atoms with Crippen molar-refractivity contribution in [3.05, 3.63) is 16.1 Å². The highest BCUT2D eigenvalue weighted by molar-refractivity contribution is 7.09. The molecule has 2 aliphatic rings. The lowest BCUT2D eigenvalue weighted by atomic mass is 9.89. The lowest BCUT2D eigenvalue weighted by Crippen LogP contribution is -2.39. The molecule has 2 N–H and O–H groups in total. The molecule has 0 aliphatic carbocycles. The number of piperidine rings is 1. The zero-order valence-electron chi connectivity index (χ0n) is 13.3. The Morgan fingerprint density at radius 3 is 2.91 bits per heavy atom. The molecule has 22 heavy (non-hydrogen) atoms. The Balaban J connectivity index is 1.43. The Hall–Kier alpha value is -0.980. The maximum Gasteiger partial charge on any atom is 0.220 e. The average Bonchev–Trinajstić information content (AvgIpc) is 3.11. The molecule has 3 heterocycles. The molecule has 3 unspecified atom stereocenters. The number of nitrogens with zero attached hydrogens (tertiary/aromatic N) is 1. The van der Waals surface area contributed by atoms with Crippen molar-refractivity contribution in [2.24, 2.45) is 5.92 Å². The van der Waals surface area contributed by atoms with Crippen molar-refractivity contribution >= 4 is 17.2 Å². The topological polar surface area (TPSA) is 63.2 Å². The molecule has 1 aromatic rings. The molecule has 2 aliphatic heterocycles. The third kappa shape index (κ3) is 3.86. The third-order valence-corrected chi connectivity index (χ3v) is 5.84. The van der Waals surface area contributed by atoms with Crippen LogP contribution in [0.5, 0.6) is 0 Å². The van der Waals surface area contributed by atoms with Gasteiger partial charge < -0.3 is 15.4 Å². The van der Waals surface area contributed by atoms with Crippen LogP contribution in [0.15, 0.2) is 5.38 Å². The monoisotopic (exact) mass is 323 g/mol. The number of hydrogen-bond donors (Lipinski definition) is 2. The number of carbonyl (C=O) groups is 1. The van der Waals surface area contributed by atoms with Gasteiger partial charge in [0.15, 0.2) is 0 Å². The molecule has 0 radical (unpaired) electrons. The van der Waals surface area contributed by atoms with E-state index in [1.165, 1.54) is 12.8 Å². The highest BCUT2D eigenvalue weighted by Crippen LogP contribution is 2.32. The molecule has 0 spiro atoms. The molecule has 3 atom stereocenters. The number of hydrogen-bond acceptors (Lipinski definition) is 5. The quantitative estimate of drug-likeness (QED) is 0.844. The molecular formula is C16H25N3O2S. The fourth-order valence-electron chi connectivity index (χ4n) is 3.56. The zero-order valence-corrected chi connectivity index (χ0v) is 14.1. The number of rotatable bonds is 6. The molecule has 1 aromatic heterocycles. The summed E-state index contributed by atoms with van der Waals surface area (Å²) in [5, 5.41) is 9.58. The van der Waals surface area contributed by atoms with E-state index in [9.17, 15) is 4.79 Å². The predicted molar refractivity (Wildman–Crippen MR) is 86.7 cm³/mol. The van der Waals surface area contributed by atoms with Crippen LogP contribution in [0.2, 0.25) is 0 Å². The van der Waals surface area contributed by atoms with E-state index in [4.69, 9.17) is 4.74 Å². The maximum absolute atomic E-state index is 12.1. The van der Waals surface area contributed by atoms with Crippen LogP contribution in [-0.4, -0.2) is 30.1 Å². The second kappa shape index (κ2) is 7.06. The minimum absolute atomic E-state index is 0.0136. The van der Waals surface area contributed by atoms with Gasteiger partial charge in [0, 0.05) is 31.0 Å². The van der Waals surface area contributed by atoms with Crippen molar-refractivity contribution in [2.45, 2.75) is 63.8 Å². The summed E-state index contributed by atoms with van der Waals surface area (Å²) in [4.78, 5) is 16.6. The minimum atomic E-state index is 0.0136. The van der Waals surface area contributed by atoms with E-state index in [-0.39, 0.29) is 12.0 Å². The van der Waals surface area contributed by atoms with E-state index >= 15 is 0 Å². The number of nitrogens with one attached hydrogen (secondary N) is 2. The van der Waals surface area contributed by atoms with Crippen molar-refractivity contribution in [3.8, 4) is 0 Å². The van der Waals surface area contributed by atoms with Gasteiger partial charge in [0.1, 0.15) is 11.1 Å². The van der Waals surface area contributed by atoms with Gasteiger partial charge in [-0.25, -0.2) is 4.98 Å². The average molecular weight is 323 g/mol. The van der Waals surface area contributed by atoms with E-state index in [1.807, 2.05) is 12.3 Å². The van der Waals surface area contributed by atoms with Crippen molar-refractivity contribution in [1.82, 2.24) is 15.6 Å². The van der Waals surface area contributed by atoms with Crippen LogP contribution in [0.3, 0.4) is 0 Å². The first-order valence-corrected chi connectivity index (χ1v) is 9.02. The lowest BCUT2D eigenvalue weighted by molar-refractivity contribution is -0.122. The van der Waals surface area contributed by atoms with Crippen molar-refractivity contribution in [1.29, 1.82) is 0 Å². The molecule has 2 bridgehead atoms. The summed E-state index contributed by atoms with van der Waals surface area (Å²) in [5.74, 6) is 0.693. The highest BCUT2D eigenvalue weighted by Gasteiger charge is 2.34. The molecule has 5 nitrogen and oxygen atoms in total. The second-order valence-corrected chi connectivity index (χ2v) is 7.40. The van der Waals surface area contributed by atoms with Crippen LogP contribution in [0, 0.1) is 5.92 Å². The van der Waals surface area contributed by atoms with Gasteiger partial charge in [0.25, 0.3) is 0 Å². The summed E-state index contributed by atoms with van der Waals surface area (Å²) in [5.41, 5.74) is 0.919. The van der Waals surface area contributed by atoms with E-state index in [1.54, 1.807) is 18.4 Å². The first kappa shape index (κ1) is 15.9. The van der Waals surface area contributed by atoms with Gasteiger partial charge in [-0.3, -0.25) is 4.79 Å². The Kier molecular flexibility index (Phi) is 5.10. The van der Waals surface area contributed by atoms with Gasteiger partial charge in [0.2, 0.25) is 5.91 Å². The number of amides is 1. The summed E-state index contributed by atoms with van der Waals surface area (Å²) < 4.78 is 5.26. The van der Waals surface area contributed by atoms with Gasteiger partial charge in [-0.15, -0.1) is 11.3 Å². The SMILES string of the molecule is COC(C)c1nc(CNC(=O)CC2CC3CCC(C2)N3)cs1. The lowest BCUT2D eigenvalue weighted by Gasteiger charge is -2.28. The summed E-state index contributed by atoms with van der Waals surface area (Å²) in [7, 11) is 1.68. The molecule has 0 saturated carbocycles. The van der Waals surface area contributed by atoms with Gasteiger partial charge in [0.05, 0.1) is 12.2 Å². The van der Waals surface area contributed by atoms with Crippen LogP contribution < -0.4 is 10.6 Å². The molecule has 2 saturated heterocycles. The zero-order chi connectivity index (χ0) is 15.5. The van der Waals surface area contributed by atoms with Gasteiger partial charge in [-0.1, -0.05) is 0 Å². The minimum Gasteiger partial charge on any atom is -0.375 e. The Morgan fingerprint density at radius 1 is 1.50 bits per heavy atom. The molecule has 122 valence electrons. The number of ether oxygens (including phenoxy) is 1. The predicted octanol–water partition coefficient (Wildman–Crippen LogP) is 2.39. The second-order valence-electron chi connectivity index (χ2n) is 6.51. The maximum atomic E-state index is 12.1. The largest absolute Gasteiger partial charge is 0.375 e. The number of thiazole rings is 1. The van der Waals surface area contributed by atoms with E-state index in [0.29, 0.717) is 31.0 Å². The molecule has 6 heteroatoms. The number of carbonyl (C=O) groups excluding carboxylic acids is 1. The molecular weight excluding hydrogens is 298 g/mol. The Bertz CT molecular complexity index is 507. The standard InChI is InChI=1S/C16H25N3O2S/c1-10(21-2)16-19-14(9-22-16)8-17-15(20)7-11-5-12-3-4-13(6-11)18-12/h9-13,18H,3-8H2,1-2H3,(H,17,20). The van der Waals surface area contributed by atoms with Crippen LogP contribution in [0.25, 0.3) is 0 Å². The number of methoxy groups -OCH3 is 1. The fourth-order valence-corrected chi connectivity index (χ4v) is 4.41. The number of fused-ring (bicyclic) bond motifs is 2. The van der Waals surface area contributed by atoms with E-state index in [2.05, 4.69) is 15.6 Å². The first-order chi connectivity index (χ1) is 10.6. The van der Waals surface area contributed by atoms with Gasteiger partial charge >= 0.3 is 0 Å². The highest BCUT2D eigenvalue weighted by atomic mass is 32.1. The first-order valence-electron chi connectivity index (χ1n) is 8.14. The summed E-state index contributed by atoms with van der Waals surface area (Å²) in [6.07, 6.45) is 5.52. The van der Waals surface area contributed by atoms with Crippen molar-refractivity contribution < 1.29 is 9.53 Å². The Morgan fingerprint density at radius 2 is 2.23 bits per heavy atom. The van der Waals surface area contributed by atoms with E-state index in [0.717, 1.165) is 23.5 Å². The van der Waals surface area contributed by atoms with Gasteiger partial charge in [-0.05, 0) is 38.5 Å². The third-order valence-electron chi connectivity index (χ3n) is 4.78. The van der Waals surface area contributed by atoms with Crippen molar-refractivity contribution in [2.75, 3.05) is 7.11 Å². The van der Waals surface area contributed by atoms with Crippen LogP contribution in [-0.2, 0) is 16.1 Å². The van der Waals surface area contributed by atoms with E-state index < -0.39 is 0 Å². The molecule has 3 rings (SSSR count).